The lowest BCUT2D eigenvalue weighted by Gasteiger charge is -2.16. The van der Waals surface area contributed by atoms with Crippen molar-refractivity contribution in [3.05, 3.63) is 23.0 Å². The number of benzene rings is 1. The van der Waals surface area contributed by atoms with Crippen LogP contribution in [0.1, 0.15) is 20.8 Å². The van der Waals surface area contributed by atoms with Gasteiger partial charge in [-0.3, -0.25) is 0 Å². The molecule has 0 fully saturated rings. The predicted octanol–water partition coefficient (Wildman–Crippen LogP) is 2.63. The van der Waals surface area contributed by atoms with Crippen molar-refractivity contribution in [1.82, 2.24) is 4.72 Å². The van der Waals surface area contributed by atoms with E-state index in [1.165, 1.54) is 0 Å². The Hall–Kier alpha value is -0.850. The highest BCUT2D eigenvalue weighted by molar-refractivity contribution is 7.89. The summed E-state index contributed by atoms with van der Waals surface area (Å²) in [6.07, 6.45) is 0. The standard InChI is InChI=1S/C12H18ClFN2O2S/c1-7(2)8(3)6-16-19(17,18)12-5-11(15)10(14)4-9(12)13/h4-5,7-8,16H,6,15H2,1-3H3. The van der Waals surface area contributed by atoms with E-state index in [4.69, 9.17) is 17.3 Å². The second-order valence-corrected chi connectivity index (χ2v) is 7.02. The third-order valence-electron chi connectivity index (χ3n) is 3.07. The van der Waals surface area contributed by atoms with Crippen molar-refractivity contribution in [2.45, 2.75) is 25.7 Å². The van der Waals surface area contributed by atoms with Crippen LogP contribution >= 0.6 is 11.6 Å². The molecule has 0 radical (unpaired) electrons. The average Bonchev–Trinajstić information content (AvgIpc) is 2.30. The van der Waals surface area contributed by atoms with Gasteiger partial charge in [0.25, 0.3) is 0 Å². The molecule has 0 aliphatic heterocycles. The number of sulfonamides is 1. The lowest BCUT2D eigenvalue weighted by Crippen LogP contribution is -2.30. The predicted molar refractivity (Wildman–Crippen MR) is 75.0 cm³/mol. The molecular weight excluding hydrogens is 291 g/mol. The second-order valence-electron chi connectivity index (χ2n) is 4.88. The fraction of sp³-hybridized carbons (Fsp3) is 0.500. The van der Waals surface area contributed by atoms with Crippen LogP contribution in [0.3, 0.4) is 0 Å². The maximum Gasteiger partial charge on any atom is 0.242 e. The van der Waals surface area contributed by atoms with E-state index in [1.54, 1.807) is 0 Å². The van der Waals surface area contributed by atoms with Crippen LogP contribution in [0.5, 0.6) is 0 Å². The maximum atomic E-state index is 13.1. The minimum atomic E-state index is -3.79. The quantitative estimate of drug-likeness (QED) is 0.821. The molecule has 3 N–H and O–H groups in total. The fourth-order valence-corrected chi connectivity index (χ4v) is 3.00. The average molecular weight is 309 g/mol. The number of nitrogens with two attached hydrogens (primary N) is 1. The summed E-state index contributed by atoms with van der Waals surface area (Å²) in [4.78, 5) is -0.205. The minimum Gasteiger partial charge on any atom is -0.396 e. The Morgan fingerprint density at radius 2 is 1.95 bits per heavy atom. The summed E-state index contributed by atoms with van der Waals surface area (Å²) in [6.45, 7) is 6.23. The number of anilines is 1. The first-order chi connectivity index (χ1) is 8.65. The highest BCUT2D eigenvalue weighted by atomic mass is 35.5. The van der Waals surface area contributed by atoms with Gasteiger partial charge >= 0.3 is 0 Å². The lowest BCUT2D eigenvalue weighted by atomic mass is 9.99. The lowest BCUT2D eigenvalue weighted by molar-refractivity contribution is 0.414. The number of nitrogen functional groups attached to an aromatic ring is 1. The van der Waals surface area contributed by atoms with Crippen LogP contribution in [0, 0.1) is 17.7 Å². The van der Waals surface area contributed by atoms with Crippen LogP contribution in [0.25, 0.3) is 0 Å². The third kappa shape index (κ3) is 4.06. The molecule has 1 rings (SSSR count). The molecule has 0 saturated heterocycles. The van der Waals surface area contributed by atoms with Gasteiger partial charge in [-0.1, -0.05) is 32.4 Å². The van der Waals surface area contributed by atoms with Gasteiger partial charge < -0.3 is 5.73 Å². The minimum absolute atomic E-state index is 0.173. The first-order valence-corrected chi connectivity index (χ1v) is 7.75. The van der Waals surface area contributed by atoms with E-state index in [0.717, 1.165) is 12.1 Å². The first-order valence-electron chi connectivity index (χ1n) is 5.89. The number of hydrogen-bond donors (Lipinski definition) is 2. The first kappa shape index (κ1) is 16.2. The van der Waals surface area contributed by atoms with Crippen molar-refractivity contribution in [3.63, 3.8) is 0 Å². The van der Waals surface area contributed by atoms with E-state index in [0.29, 0.717) is 5.92 Å². The number of hydrogen-bond acceptors (Lipinski definition) is 3. The molecule has 108 valence electrons. The molecule has 1 unspecified atom stereocenters. The van der Waals surface area contributed by atoms with Gasteiger partial charge in [0, 0.05) is 6.54 Å². The van der Waals surface area contributed by atoms with Gasteiger partial charge in [-0.05, 0) is 24.0 Å². The largest absolute Gasteiger partial charge is 0.396 e. The summed E-state index contributed by atoms with van der Waals surface area (Å²) in [5.74, 6) is -0.220. The smallest absolute Gasteiger partial charge is 0.242 e. The molecule has 7 heteroatoms. The zero-order valence-corrected chi connectivity index (χ0v) is 12.6. The van der Waals surface area contributed by atoms with Crippen molar-refractivity contribution in [3.8, 4) is 0 Å². The normalized spacial score (nSPS) is 13.8. The summed E-state index contributed by atoms with van der Waals surface area (Å²) < 4.78 is 39.7. The molecular formula is C12H18ClFN2O2S. The molecule has 0 amide bonds. The van der Waals surface area contributed by atoms with Crippen molar-refractivity contribution in [1.29, 1.82) is 0 Å². The van der Waals surface area contributed by atoms with Crippen LogP contribution in [-0.2, 0) is 10.0 Å². The Labute approximate surface area is 118 Å². The summed E-state index contributed by atoms with van der Waals surface area (Å²) >= 11 is 5.75. The number of nitrogens with one attached hydrogen (secondary N) is 1. The Morgan fingerprint density at radius 3 is 2.47 bits per heavy atom. The Kier molecular flexibility index (Phi) is 5.18. The van der Waals surface area contributed by atoms with Gasteiger partial charge in [-0.2, -0.15) is 0 Å². The van der Waals surface area contributed by atoms with Gasteiger partial charge in [0.2, 0.25) is 10.0 Å². The Bertz CT molecular complexity index is 561. The van der Waals surface area contributed by atoms with E-state index in [1.807, 2.05) is 20.8 Å². The van der Waals surface area contributed by atoms with Gasteiger partial charge in [-0.15, -0.1) is 0 Å². The van der Waals surface area contributed by atoms with Crippen molar-refractivity contribution < 1.29 is 12.8 Å². The summed E-state index contributed by atoms with van der Waals surface area (Å²) in [6, 6.07) is 1.93. The fourth-order valence-electron chi connectivity index (χ4n) is 1.31. The van der Waals surface area contributed by atoms with Crippen molar-refractivity contribution in [2.24, 2.45) is 11.8 Å². The Morgan fingerprint density at radius 1 is 1.37 bits per heavy atom. The summed E-state index contributed by atoms with van der Waals surface area (Å²) in [5.41, 5.74) is 5.12. The number of halogens is 2. The molecule has 0 spiro atoms. The highest BCUT2D eigenvalue weighted by Gasteiger charge is 2.21. The van der Waals surface area contributed by atoms with Crippen LogP contribution in [0.15, 0.2) is 17.0 Å². The molecule has 0 aromatic heterocycles. The molecule has 19 heavy (non-hydrogen) atoms. The van der Waals surface area contributed by atoms with Crippen LogP contribution in [-0.4, -0.2) is 15.0 Å². The SMILES string of the molecule is CC(C)C(C)CNS(=O)(=O)c1cc(N)c(F)cc1Cl. The third-order valence-corrected chi connectivity index (χ3v) is 4.96. The molecule has 1 atom stereocenters. The molecule has 0 saturated carbocycles. The molecule has 4 nitrogen and oxygen atoms in total. The van der Waals surface area contributed by atoms with Gasteiger partial charge in [0.05, 0.1) is 10.7 Å². The molecule has 0 aliphatic rings. The maximum absolute atomic E-state index is 13.1. The zero-order chi connectivity index (χ0) is 14.8. The van der Waals surface area contributed by atoms with Crippen LogP contribution < -0.4 is 10.5 Å². The van der Waals surface area contributed by atoms with Crippen LogP contribution in [0.4, 0.5) is 10.1 Å². The second kappa shape index (κ2) is 6.07. The van der Waals surface area contributed by atoms with E-state index in [9.17, 15) is 12.8 Å². The van der Waals surface area contributed by atoms with Gasteiger partial charge in [0.1, 0.15) is 10.7 Å². The topological polar surface area (TPSA) is 72.2 Å². The van der Waals surface area contributed by atoms with E-state index in [-0.39, 0.29) is 28.1 Å². The molecule has 1 aromatic carbocycles. The summed E-state index contributed by atoms with van der Waals surface area (Å²) in [5, 5.41) is -0.184. The molecule has 0 aliphatic carbocycles. The van der Waals surface area contributed by atoms with E-state index in [2.05, 4.69) is 4.72 Å². The van der Waals surface area contributed by atoms with Crippen molar-refractivity contribution >= 4 is 27.3 Å². The van der Waals surface area contributed by atoms with Gasteiger partial charge in [-0.25, -0.2) is 17.5 Å². The molecule has 1 aromatic rings. The number of rotatable bonds is 5. The highest BCUT2D eigenvalue weighted by Crippen LogP contribution is 2.26. The van der Waals surface area contributed by atoms with E-state index < -0.39 is 15.8 Å². The van der Waals surface area contributed by atoms with Gasteiger partial charge in [0.15, 0.2) is 0 Å². The summed E-state index contributed by atoms with van der Waals surface area (Å²) in [7, 11) is -3.79. The van der Waals surface area contributed by atoms with Crippen molar-refractivity contribution in [2.75, 3.05) is 12.3 Å². The van der Waals surface area contributed by atoms with E-state index >= 15 is 0 Å². The monoisotopic (exact) mass is 308 g/mol. The zero-order valence-electron chi connectivity index (χ0n) is 11.1. The Balaban J connectivity index is 2.98. The molecule has 0 heterocycles. The van der Waals surface area contributed by atoms with Crippen LogP contribution in [0.2, 0.25) is 5.02 Å². The molecule has 0 bridgehead atoms.